The fourth-order valence-electron chi connectivity index (χ4n) is 3.13. The molecule has 0 aromatic heterocycles. The van der Waals surface area contributed by atoms with E-state index in [1.807, 2.05) is 25.1 Å². The standard InChI is InChI=1S/C18H19F2NO3S/c1-13-7-8-16(24-18(19)20)15(11-13)12-21-10-9-17(25(21,22)23)14-5-3-2-4-6-14/h2-8,11,17-18H,9-10,12H2,1H3. The third-order valence-corrected chi connectivity index (χ3v) is 6.57. The van der Waals surface area contributed by atoms with Crippen molar-refractivity contribution in [3.8, 4) is 5.75 Å². The van der Waals surface area contributed by atoms with Crippen LogP contribution in [0.2, 0.25) is 0 Å². The van der Waals surface area contributed by atoms with E-state index in [1.54, 1.807) is 24.3 Å². The van der Waals surface area contributed by atoms with Gasteiger partial charge in [-0.3, -0.25) is 0 Å². The van der Waals surface area contributed by atoms with Crippen molar-refractivity contribution < 1.29 is 21.9 Å². The Morgan fingerprint density at radius 2 is 1.92 bits per heavy atom. The number of nitrogens with zero attached hydrogens (tertiary/aromatic N) is 1. The molecule has 0 radical (unpaired) electrons. The van der Waals surface area contributed by atoms with Gasteiger partial charge in [-0.15, -0.1) is 0 Å². The molecule has 2 aromatic rings. The summed E-state index contributed by atoms with van der Waals surface area (Å²) < 4.78 is 56.8. The van der Waals surface area contributed by atoms with Crippen LogP contribution in [0.25, 0.3) is 0 Å². The van der Waals surface area contributed by atoms with Crippen LogP contribution in [0.5, 0.6) is 5.75 Å². The van der Waals surface area contributed by atoms with E-state index >= 15 is 0 Å². The first kappa shape index (κ1) is 17.8. The van der Waals surface area contributed by atoms with Gasteiger partial charge < -0.3 is 4.74 Å². The summed E-state index contributed by atoms with van der Waals surface area (Å²) in [4.78, 5) is 0. The van der Waals surface area contributed by atoms with Gasteiger partial charge in [0.2, 0.25) is 10.0 Å². The van der Waals surface area contributed by atoms with Gasteiger partial charge in [-0.1, -0.05) is 48.0 Å². The van der Waals surface area contributed by atoms with Crippen molar-refractivity contribution in [1.82, 2.24) is 4.31 Å². The van der Waals surface area contributed by atoms with Gasteiger partial charge in [0, 0.05) is 18.7 Å². The molecule has 0 bridgehead atoms. The van der Waals surface area contributed by atoms with Crippen molar-refractivity contribution in [3.63, 3.8) is 0 Å². The van der Waals surface area contributed by atoms with Crippen LogP contribution in [0.3, 0.4) is 0 Å². The Morgan fingerprint density at radius 1 is 1.20 bits per heavy atom. The Hall–Kier alpha value is -1.99. The van der Waals surface area contributed by atoms with Crippen molar-refractivity contribution in [2.24, 2.45) is 0 Å². The number of hydrogen-bond acceptors (Lipinski definition) is 3. The lowest BCUT2D eigenvalue weighted by Crippen LogP contribution is -2.26. The lowest BCUT2D eigenvalue weighted by molar-refractivity contribution is -0.0506. The molecular weight excluding hydrogens is 348 g/mol. The molecule has 0 amide bonds. The molecule has 2 aromatic carbocycles. The minimum absolute atomic E-state index is 0.0129. The minimum Gasteiger partial charge on any atom is -0.434 e. The van der Waals surface area contributed by atoms with E-state index in [1.165, 1.54) is 10.4 Å². The van der Waals surface area contributed by atoms with Crippen LogP contribution in [-0.2, 0) is 16.6 Å². The van der Waals surface area contributed by atoms with Gasteiger partial charge in [-0.2, -0.15) is 13.1 Å². The Balaban J connectivity index is 1.86. The van der Waals surface area contributed by atoms with Gasteiger partial charge in [-0.25, -0.2) is 8.42 Å². The highest BCUT2D eigenvalue weighted by atomic mass is 32.2. The average Bonchev–Trinajstić information content (AvgIpc) is 2.85. The van der Waals surface area contributed by atoms with Crippen LogP contribution in [0.1, 0.15) is 28.4 Å². The number of alkyl halides is 2. The van der Waals surface area contributed by atoms with Crippen LogP contribution in [0.4, 0.5) is 8.78 Å². The smallest absolute Gasteiger partial charge is 0.387 e. The number of ether oxygens (including phenoxy) is 1. The van der Waals surface area contributed by atoms with Crippen molar-refractivity contribution in [2.45, 2.75) is 31.8 Å². The monoisotopic (exact) mass is 367 g/mol. The number of sulfonamides is 1. The summed E-state index contributed by atoms with van der Waals surface area (Å²) in [6.45, 7) is -0.756. The fourth-order valence-corrected chi connectivity index (χ4v) is 5.07. The average molecular weight is 367 g/mol. The summed E-state index contributed by atoms with van der Waals surface area (Å²) >= 11 is 0. The van der Waals surface area contributed by atoms with Gasteiger partial charge in [-0.05, 0) is 25.0 Å². The van der Waals surface area contributed by atoms with E-state index in [0.29, 0.717) is 18.5 Å². The van der Waals surface area contributed by atoms with Gasteiger partial charge in [0.25, 0.3) is 0 Å². The van der Waals surface area contributed by atoms with E-state index in [9.17, 15) is 17.2 Å². The van der Waals surface area contributed by atoms with Gasteiger partial charge in [0.15, 0.2) is 0 Å². The normalized spacial score (nSPS) is 20.1. The predicted molar refractivity (Wildman–Crippen MR) is 90.9 cm³/mol. The lowest BCUT2D eigenvalue weighted by atomic mass is 10.1. The maximum atomic E-state index is 12.9. The molecule has 134 valence electrons. The van der Waals surface area contributed by atoms with Gasteiger partial charge in [0.05, 0.1) is 0 Å². The summed E-state index contributed by atoms with van der Waals surface area (Å²) in [5.41, 5.74) is 2.05. The summed E-state index contributed by atoms with van der Waals surface area (Å²) in [5.74, 6) is 0.0129. The van der Waals surface area contributed by atoms with Crippen LogP contribution in [0, 0.1) is 6.92 Å². The number of benzene rings is 2. The maximum absolute atomic E-state index is 12.9. The molecule has 0 N–H and O–H groups in total. The van der Waals surface area contributed by atoms with Gasteiger partial charge in [0.1, 0.15) is 11.0 Å². The predicted octanol–water partition coefficient (Wildman–Crippen LogP) is 3.87. The molecule has 25 heavy (non-hydrogen) atoms. The molecule has 0 aliphatic carbocycles. The lowest BCUT2D eigenvalue weighted by Gasteiger charge is -2.19. The molecule has 1 atom stereocenters. The van der Waals surface area contributed by atoms with Crippen molar-refractivity contribution in [1.29, 1.82) is 0 Å². The van der Waals surface area contributed by atoms with Gasteiger partial charge >= 0.3 is 6.61 Å². The second-order valence-corrected chi connectivity index (χ2v) is 8.17. The van der Waals surface area contributed by atoms with Crippen molar-refractivity contribution in [3.05, 3.63) is 65.2 Å². The molecule has 7 heteroatoms. The topological polar surface area (TPSA) is 46.6 Å². The third kappa shape index (κ3) is 3.82. The van der Waals surface area contributed by atoms with Crippen LogP contribution >= 0.6 is 0 Å². The molecule has 3 rings (SSSR count). The number of rotatable bonds is 5. The molecule has 1 aliphatic rings. The third-order valence-electron chi connectivity index (χ3n) is 4.31. The second-order valence-electron chi connectivity index (χ2n) is 6.06. The Morgan fingerprint density at radius 3 is 2.60 bits per heavy atom. The number of halogens is 2. The molecule has 0 saturated carbocycles. The summed E-state index contributed by atoms with van der Waals surface area (Å²) in [5, 5.41) is -0.599. The second kappa shape index (κ2) is 7.09. The highest BCUT2D eigenvalue weighted by molar-refractivity contribution is 7.89. The zero-order valence-corrected chi connectivity index (χ0v) is 14.5. The fraction of sp³-hybridized carbons (Fsp3) is 0.333. The first-order chi connectivity index (χ1) is 11.9. The summed E-state index contributed by atoms with van der Waals surface area (Å²) in [6.07, 6.45) is 0.475. The Bertz CT molecular complexity index is 841. The molecule has 1 unspecified atom stereocenters. The Labute approximate surface area is 146 Å². The summed E-state index contributed by atoms with van der Waals surface area (Å²) in [6, 6.07) is 13.8. The van der Waals surface area contributed by atoms with E-state index in [0.717, 1.165) is 11.1 Å². The van der Waals surface area contributed by atoms with Crippen LogP contribution in [0.15, 0.2) is 48.5 Å². The van der Waals surface area contributed by atoms with E-state index in [2.05, 4.69) is 4.74 Å². The highest BCUT2D eigenvalue weighted by Gasteiger charge is 2.39. The highest BCUT2D eigenvalue weighted by Crippen LogP contribution is 2.37. The summed E-state index contributed by atoms with van der Waals surface area (Å²) in [7, 11) is -3.55. The zero-order chi connectivity index (χ0) is 18.0. The first-order valence-electron chi connectivity index (χ1n) is 7.96. The largest absolute Gasteiger partial charge is 0.434 e. The SMILES string of the molecule is Cc1ccc(OC(F)F)c(CN2CCC(c3ccccc3)S2(=O)=O)c1. The van der Waals surface area contributed by atoms with E-state index < -0.39 is 21.9 Å². The zero-order valence-electron chi connectivity index (χ0n) is 13.7. The maximum Gasteiger partial charge on any atom is 0.387 e. The first-order valence-corrected chi connectivity index (χ1v) is 9.46. The Kier molecular flexibility index (Phi) is 5.06. The molecule has 1 aliphatic heterocycles. The molecule has 1 fully saturated rings. The molecule has 1 heterocycles. The molecular formula is C18H19F2NO3S. The molecule has 1 saturated heterocycles. The van der Waals surface area contributed by atoms with E-state index in [4.69, 9.17) is 0 Å². The molecule has 0 spiro atoms. The van der Waals surface area contributed by atoms with Crippen molar-refractivity contribution >= 4 is 10.0 Å². The quantitative estimate of drug-likeness (QED) is 0.806. The van der Waals surface area contributed by atoms with Crippen molar-refractivity contribution in [2.75, 3.05) is 6.54 Å². The number of aryl methyl sites for hydroxylation is 1. The van der Waals surface area contributed by atoms with E-state index in [-0.39, 0.29) is 12.3 Å². The van der Waals surface area contributed by atoms with Crippen LogP contribution in [-0.4, -0.2) is 25.9 Å². The number of hydrogen-bond donors (Lipinski definition) is 0. The minimum atomic E-state index is -3.55. The molecule has 4 nitrogen and oxygen atoms in total. The van der Waals surface area contributed by atoms with Crippen LogP contribution < -0.4 is 4.74 Å².